The van der Waals surface area contributed by atoms with Gasteiger partial charge in [-0.05, 0) is 12.1 Å². The van der Waals surface area contributed by atoms with Crippen molar-refractivity contribution in [1.82, 2.24) is 9.88 Å². The summed E-state index contributed by atoms with van der Waals surface area (Å²) in [5.74, 6) is -0.359. The van der Waals surface area contributed by atoms with E-state index in [0.717, 1.165) is 31.9 Å². The third-order valence-corrected chi connectivity index (χ3v) is 4.45. The molecule has 0 saturated carbocycles. The molecule has 23 heavy (non-hydrogen) atoms. The number of hydrogen-bond acceptors (Lipinski definition) is 4. The molecule has 1 aromatic carbocycles. The van der Waals surface area contributed by atoms with Crippen LogP contribution in [0.1, 0.15) is 11.7 Å². The van der Waals surface area contributed by atoms with Crippen LogP contribution in [0.25, 0.3) is 0 Å². The predicted octanol–water partition coefficient (Wildman–Crippen LogP) is 2.73. The van der Waals surface area contributed by atoms with E-state index in [-0.39, 0.29) is 5.82 Å². The Balaban J connectivity index is 1.57. The first-order valence-electron chi connectivity index (χ1n) is 7.64. The molecule has 0 aliphatic carbocycles. The molecule has 1 aromatic heterocycles. The summed E-state index contributed by atoms with van der Waals surface area (Å²) in [6.07, 6.45) is 2.56. The highest BCUT2D eigenvalue weighted by atomic mass is 35.5. The first-order chi connectivity index (χ1) is 11.1. The van der Waals surface area contributed by atoms with E-state index in [2.05, 4.69) is 14.8 Å². The van der Waals surface area contributed by atoms with Crippen molar-refractivity contribution in [2.45, 2.75) is 6.10 Å². The number of aromatic nitrogens is 1. The van der Waals surface area contributed by atoms with Crippen molar-refractivity contribution in [3.05, 3.63) is 59.1 Å². The number of aliphatic hydroxyl groups is 1. The van der Waals surface area contributed by atoms with Crippen molar-refractivity contribution in [2.75, 3.05) is 37.6 Å². The number of rotatable bonds is 4. The first-order valence-corrected chi connectivity index (χ1v) is 8.02. The minimum atomic E-state index is -0.813. The number of halogens is 2. The summed E-state index contributed by atoms with van der Waals surface area (Å²) in [5, 5.41) is 10.9. The van der Waals surface area contributed by atoms with Crippen LogP contribution in [0.4, 0.5) is 10.1 Å². The van der Waals surface area contributed by atoms with Gasteiger partial charge in [-0.1, -0.05) is 29.8 Å². The average Bonchev–Trinajstić information content (AvgIpc) is 2.56. The highest BCUT2D eigenvalue weighted by molar-refractivity contribution is 6.33. The fraction of sp³-hybridized carbons (Fsp3) is 0.353. The number of anilines is 1. The van der Waals surface area contributed by atoms with Crippen LogP contribution in [0.3, 0.4) is 0 Å². The normalized spacial score (nSPS) is 17.3. The third kappa shape index (κ3) is 3.80. The molecule has 1 unspecified atom stereocenters. The molecule has 2 aromatic rings. The van der Waals surface area contributed by atoms with Gasteiger partial charge in [-0.3, -0.25) is 9.88 Å². The largest absolute Gasteiger partial charge is 0.387 e. The zero-order valence-electron chi connectivity index (χ0n) is 12.7. The zero-order chi connectivity index (χ0) is 16.2. The van der Waals surface area contributed by atoms with E-state index < -0.39 is 6.10 Å². The molecule has 1 saturated heterocycles. The van der Waals surface area contributed by atoms with Gasteiger partial charge in [0, 0.05) is 50.7 Å². The Bertz CT molecular complexity index is 662. The van der Waals surface area contributed by atoms with Crippen molar-refractivity contribution in [1.29, 1.82) is 0 Å². The van der Waals surface area contributed by atoms with Crippen LogP contribution in [0.5, 0.6) is 0 Å². The molecule has 0 bridgehead atoms. The summed E-state index contributed by atoms with van der Waals surface area (Å²) in [7, 11) is 0. The first kappa shape index (κ1) is 16.2. The van der Waals surface area contributed by atoms with Gasteiger partial charge in [0.25, 0.3) is 0 Å². The Kier molecular flexibility index (Phi) is 5.10. The summed E-state index contributed by atoms with van der Waals surface area (Å²) in [4.78, 5) is 8.34. The third-order valence-electron chi connectivity index (χ3n) is 4.16. The van der Waals surface area contributed by atoms with Crippen LogP contribution in [0.15, 0.2) is 42.7 Å². The van der Waals surface area contributed by atoms with Crippen LogP contribution in [0, 0.1) is 5.82 Å². The number of pyridine rings is 1. The van der Waals surface area contributed by atoms with E-state index in [9.17, 15) is 9.50 Å². The number of piperazine rings is 1. The van der Waals surface area contributed by atoms with Crippen LogP contribution < -0.4 is 4.90 Å². The Hall–Kier alpha value is -1.69. The van der Waals surface area contributed by atoms with Gasteiger partial charge in [-0.2, -0.15) is 0 Å². The van der Waals surface area contributed by atoms with Crippen molar-refractivity contribution in [3.63, 3.8) is 0 Å². The second-order valence-corrected chi connectivity index (χ2v) is 6.06. The van der Waals surface area contributed by atoms with Gasteiger partial charge in [0.1, 0.15) is 5.82 Å². The monoisotopic (exact) mass is 335 g/mol. The van der Waals surface area contributed by atoms with Crippen LogP contribution in [0.2, 0.25) is 5.02 Å². The number of hydrogen-bond donors (Lipinski definition) is 1. The summed E-state index contributed by atoms with van der Waals surface area (Å²) in [6, 6.07) is 8.29. The lowest BCUT2D eigenvalue weighted by Crippen LogP contribution is -2.47. The highest BCUT2D eigenvalue weighted by Crippen LogP contribution is 2.25. The lowest BCUT2D eigenvalue weighted by Gasteiger charge is -2.37. The van der Waals surface area contributed by atoms with Crippen LogP contribution in [-0.4, -0.2) is 47.7 Å². The second-order valence-electron chi connectivity index (χ2n) is 5.65. The highest BCUT2D eigenvalue weighted by Gasteiger charge is 2.22. The SMILES string of the molecule is OC(CN1CCN(c2ccncc2Cl)CC1)c1ccccc1F. The molecule has 1 N–H and O–H groups in total. The zero-order valence-corrected chi connectivity index (χ0v) is 13.5. The van der Waals surface area contributed by atoms with Gasteiger partial charge in [-0.15, -0.1) is 0 Å². The van der Waals surface area contributed by atoms with E-state index in [1.165, 1.54) is 6.07 Å². The predicted molar refractivity (Wildman–Crippen MR) is 89.3 cm³/mol. The lowest BCUT2D eigenvalue weighted by atomic mass is 10.1. The van der Waals surface area contributed by atoms with E-state index in [1.807, 2.05) is 6.07 Å². The molecular formula is C17H19ClFN3O. The summed E-state index contributed by atoms with van der Waals surface area (Å²) in [5.41, 5.74) is 1.34. The van der Waals surface area contributed by atoms with E-state index >= 15 is 0 Å². The van der Waals surface area contributed by atoms with Crippen molar-refractivity contribution < 1.29 is 9.50 Å². The summed E-state index contributed by atoms with van der Waals surface area (Å²) in [6.45, 7) is 3.65. The van der Waals surface area contributed by atoms with Crippen molar-refractivity contribution >= 4 is 17.3 Å². The van der Waals surface area contributed by atoms with Gasteiger partial charge in [0.05, 0.1) is 16.8 Å². The number of benzene rings is 1. The van der Waals surface area contributed by atoms with Gasteiger partial charge < -0.3 is 10.0 Å². The fourth-order valence-electron chi connectivity index (χ4n) is 2.88. The topological polar surface area (TPSA) is 39.6 Å². The smallest absolute Gasteiger partial charge is 0.129 e. The molecule has 2 heterocycles. The molecule has 3 rings (SSSR count). The molecule has 4 nitrogen and oxygen atoms in total. The maximum absolute atomic E-state index is 13.7. The fourth-order valence-corrected chi connectivity index (χ4v) is 3.12. The molecule has 1 fully saturated rings. The molecule has 122 valence electrons. The van der Waals surface area contributed by atoms with Gasteiger partial charge in [0.2, 0.25) is 0 Å². The molecule has 0 spiro atoms. The molecule has 0 radical (unpaired) electrons. The Labute approximate surface area is 140 Å². The molecular weight excluding hydrogens is 317 g/mol. The van der Waals surface area contributed by atoms with Crippen molar-refractivity contribution in [3.8, 4) is 0 Å². The van der Waals surface area contributed by atoms with Crippen LogP contribution >= 0.6 is 11.6 Å². The number of aliphatic hydroxyl groups excluding tert-OH is 1. The van der Waals surface area contributed by atoms with E-state index in [0.29, 0.717) is 17.1 Å². The second kappa shape index (κ2) is 7.25. The van der Waals surface area contributed by atoms with Gasteiger partial charge in [-0.25, -0.2) is 4.39 Å². The van der Waals surface area contributed by atoms with Gasteiger partial charge >= 0.3 is 0 Å². The van der Waals surface area contributed by atoms with Crippen molar-refractivity contribution in [2.24, 2.45) is 0 Å². The Morgan fingerprint density at radius 2 is 1.91 bits per heavy atom. The molecule has 6 heteroatoms. The number of β-amino-alcohol motifs (C(OH)–C–C–N with tert-alkyl or cyclic N) is 1. The molecule has 0 amide bonds. The quantitative estimate of drug-likeness (QED) is 0.932. The molecule has 1 atom stereocenters. The van der Waals surface area contributed by atoms with E-state index in [1.54, 1.807) is 30.6 Å². The standard InChI is InChI=1S/C17H19ClFN3O/c18-14-11-20-6-5-16(14)22-9-7-21(8-10-22)12-17(23)13-3-1-2-4-15(13)19/h1-6,11,17,23H,7-10,12H2. The minimum Gasteiger partial charge on any atom is -0.387 e. The molecule has 1 aliphatic heterocycles. The van der Waals surface area contributed by atoms with Crippen LogP contribution in [-0.2, 0) is 0 Å². The summed E-state index contributed by atoms with van der Waals surface area (Å²) < 4.78 is 13.7. The Morgan fingerprint density at radius 1 is 1.17 bits per heavy atom. The maximum atomic E-state index is 13.7. The number of nitrogens with zero attached hydrogens (tertiary/aromatic N) is 3. The van der Waals surface area contributed by atoms with E-state index in [4.69, 9.17) is 11.6 Å². The van der Waals surface area contributed by atoms with Gasteiger partial charge in [0.15, 0.2) is 0 Å². The minimum absolute atomic E-state index is 0.354. The average molecular weight is 336 g/mol. The summed E-state index contributed by atoms with van der Waals surface area (Å²) >= 11 is 6.18. The Morgan fingerprint density at radius 3 is 2.61 bits per heavy atom. The maximum Gasteiger partial charge on any atom is 0.129 e. The lowest BCUT2D eigenvalue weighted by molar-refractivity contribution is 0.106. The molecule has 1 aliphatic rings.